The number of aromatic amines is 3. The summed E-state index contributed by atoms with van der Waals surface area (Å²) >= 11 is 0. The van der Waals surface area contributed by atoms with E-state index < -0.39 is 149 Å². The molecule has 0 aromatic carbocycles. The van der Waals surface area contributed by atoms with E-state index in [0.29, 0.717) is 12.1 Å². The van der Waals surface area contributed by atoms with Gasteiger partial charge in [0.1, 0.15) is 54.4 Å². The zero-order valence-corrected chi connectivity index (χ0v) is 59.7. The normalized spacial score (nSPS) is 13.6. The van der Waals surface area contributed by atoms with Crippen LogP contribution >= 0.6 is 0 Å². The quantitative estimate of drug-likeness (QED) is 0.0142. The number of H-pyrrole nitrogens is 3. The molecule has 9 amide bonds. The number of aromatic nitrogens is 6. The van der Waals surface area contributed by atoms with Crippen molar-refractivity contribution in [2.45, 2.75) is 170 Å². The van der Waals surface area contributed by atoms with Gasteiger partial charge in [0.25, 0.3) is 0 Å². The van der Waals surface area contributed by atoms with Crippen LogP contribution in [0.25, 0.3) is 0 Å². The van der Waals surface area contributed by atoms with Gasteiger partial charge in [-0.25, -0.2) is 19.7 Å². The third-order valence-corrected chi connectivity index (χ3v) is 15.8. The minimum atomic E-state index is -1.64. The zero-order chi connectivity index (χ0) is 80.1. The fourth-order valence-corrected chi connectivity index (χ4v) is 10.4. The summed E-state index contributed by atoms with van der Waals surface area (Å²) in [7, 11) is 0. The molecule has 0 fully saturated rings. The number of carboxylic acid groups (broad SMARTS) is 1. The van der Waals surface area contributed by atoms with Gasteiger partial charge in [-0.3, -0.25) is 81.0 Å². The largest absolute Gasteiger partial charge is 0.480 e. The second kappa shape index (κ2) is 49.0. The van der Waals surface area contributed by atoms with Crippen LogP contribution in [-0.2, 0) is 67.2 Å². The molecule has 0 spiro atoms. The Labute approximate surface area is 620 Å². The molecule has 0 bridgehead atoms. The highest BCUT2D eigenvalue weighted by atomic mass is 16.4. The lowest BCUT2D eigenvalue weighted by atomic mass is 10.0. The maximum absolute atomic E-state index is 15.0. The van der Waals surface area contributed by atoms with Gasteiger partial charge in [0.2, 0.25) is 53.2 Å². The Morgan fingerprint density at radius 2 is 0.491 bits per heavy atom. The molecule has 48 nitrogen and oxygen atoms in total. The molecule has 0 aliphatic carbocycles. The second-order valence-corrected chi connectivity index (χ2v) is 24.7. The van der Waals surface area contributed by atoms with Crippen molar-refractivity contribution in [3.8, 4) is 0 Å². The Morgan fingerprint density at radius 3 is 0.694 bits per heavy atom. The number of imidazole rings is 3. The molecule has 0 aliphatic heterocycles. The molecule has 3 aromatic rings. The van der Waals surface area contributed by atoms with Gasteiger partial charge >= 0.3 is 5.97 Å². The number of carbonyl (C=O) groups is 10. The number of carbonyl (C=O) groups excluding carboxylic acids is 9. The maximum Gasteiger partial charge on any atom is 0.326 e. The lowest BCUT2D eigenvalue weighted by molar-refractivity contribution is -0.142. The third-order valence-electron chi connectivity index (χ3n) is 15.8. The summed E-state index contributed by atoms with van der Waals surface area (Å²) < 4.78 is 0. The molecule has 48 heteroatoms. The molecule has 0 radical (unpaired) electrons. The second-order valence-electron chi connectivity index (χ2n) is 24.7. The van der Waals surface area contributed by atoms with Gasteiger partial charge < -0.3 is 151 Å². The van der Waals surface area contributed by atoms with Crippen LogP contribution in [-0.4, -0.2) is 242 Å². The van der Waals surface area contributed by atoms with Crippen LogP contribution in [0, 0.1) is 37.9 Å². The number of hydrogen-bond acceptors (Lipinski definition) is 21. The first kappa shape index (κ1) is 89.4. The summed E-state index contributed by atoms with van der Waals surface area (Å²) in [5.74, 6) is -12.7. The number of rotatable bonds is 53. The van der Waals surface area contributed by atoms with Gasteiger partial charge in [-0.15, -0.1) is 0 Å². The van der Waals surface area contributed by atoms with E-state index in [-0.39, 0.29) is 172 Å². The van der Waals surface area contributed by atoms with E-state index >= 15 is 0 Å². The van der Waals surface area contributed by atoms with Crippen LogP contribution in [0.4, 0.5) is 0 Å². The highest BCUT2D eigenvalue weighted by Gasteiger charge is 2.37. The van der Waals surface area contributed by atoms with E-state index in [1.165, 1.54) is 37.6 Å². The maximum atomic E-state index is 15.0. The van der Waals surface area contributed by atoms with Crippen molar-refractivity contribution in [3.63, 3.8) is 0 Å². The standard InChI is InChI=1S/C60H107N37O11/c61-34(8-1-15-79-54(62)63)44(98)95-41(22-31-25-76-28-86-31)50(104)91-35(9-2-16-80-55(64)65)45(99)89-38(12-5-19-83-58(70)71)48(102)96-42(23-32-26-77-29-87-32)51(105)92-36(10-3-17-81-56(66)67)46(100)90-39(13-6-20-84-59(72)73)49(103)97-43(24-33-27-78-30-88-33)52(106)93-37(11-4-18-82-57(68)69)47(101)94-40(53(107)108)14-7-21-85-60(74)75/h25-30,34-43H,1-24,61H2,(H,76,86)(H,77,87)(H,78,88)(H,89,99)(H,90,100)(H,91,104)(H,92,105)(H,93,106)(H,94,101)(H,95,98)(H,96,102)(H,97,103)(H,107,108)(H4,62,63,79)(H4,64,65,80)(H4,66,67,81)(H4,68,69,82)(H4,70,71,83)(H4,72,73,84)(H4,74,75,85)/t34-,35-,36-,37-,38-,39-,40-,41-,42-,43-/m0/s1. The van der Waals surface area contributed by atoms with Crippen molar-refractivity contribution in [2.75, 3.05) is 45.8 Å². The van der Waals surface area contributed by atoms with E-state index in [2.05, 4.69) is 115 Å². The molecule has 10 atom stereocenters. The van der Waals surface area contributed by atoms with Crippen LogP contribution in [0.2, 0.25) is 0 Å². The zero-order valence-electron chi connectivity index (χ0n) is 59.7. The predicted octanol–water partition coefficient (Wildman–Crippen LogP) is -10.5. The Bertz CT molecular complexity index is 3430. The molecule has 0 saturated carbocycles. The summed E-state index contributed by atoms with van der Waals surface area (Å²) in [5.41, 5.74) is 45.4. The fraction of sp³-hybridized carbons (Fsp3) is 0.567. The molecule has 0 unspecified atom stereocenters. The first-order valence-electron chi connectivity index (χ1n) is 34.5. The molecule has 3 heterocycles. The Balaban J connectivity index is 2.09. The number of amides is 9. The average Bonchev–Trinajstić information content (AvgIpc) is 1.17. The van der Waals surface area contributed by atoms with Crippen molar-refractivity contribution in [1.29, 1.82) is 37.9 Å². The molecule has 598 valence electrons. The van der Waals surface area contributed by atoms with E-state index in [1.54, 1.807) is 0 Å². The van der Waals surface area contributed by atoms with Gasteiger partial charge in [-0.05, 0) is 89.9 Å². The number of nitrogens with one attached hydrogen (secondary N) is 26. The summed E-state index contributed by atoms with van der Waals surface area (Å²) in [6.07, 6.45) is 6.99. The van der Waals surface area contributed by atoms with E-state index in [4.69, 9.17) is 83.7 Å². The molecular weight excluding hydrogens is 1410 g/mol. The lowest BCUT2D eigenvalue weighted by Crippen LogP contribution is -2.61. The highest BCUT2D eigenvalue weighted by Crippen LogP contribution is 2.12. The van der Waals surface area contributed by atoms with Crippen molar-refractivity contribution in [1.82, 2.24) is 115 Å². The summed E-state index contributed by atoms with van der Waals surface area (Å²) in [5, 5.41) is 105. The Hall–Kier alpha value is -12.8. The fourth-order valence-electron chi connectivity index (χ4n) is 10.4. The van der Waals surface area contributed by atoms with Gasteiger partial charge in [0, 0.05) is 83.7 Å². The molecule has 43 N–H and O–H groups in total. The molecule has 3 aromatic heterocycles. The SMILES string of the molecule is N=C(N)NCCC[C@H](NC(=O)[C@H](CCCNC(=N)N)NC(=O)[C@H](Cc1c[nH]cn1)NC(=O)[C@H](CCCNC(=N)N)NC(=O)[C@H](CCCNC(=N)N)NC(=O)[C@H](Cc1c[nH]cn1)NC(=O)[C@H](CCCNC(=N)N)NC(=O)[C@H](CCCNC(=N)N)NC(=O)[C@H](Cc1c[nH]cn1)NC(=O)[C@@H](N)CCCNC(=N)N)C(=O)O. The third kappa shape index (κ3) is 37.6. The molecule has 0 saturated heterocycles. The van der Waals surface area contributed by atoms with Gasteiger partial charge in [-0.2, -0.15) is 0 Å². The molecule has 3 rings (SSSR count). The van der Waals surface area contributed by atoms with Crippen molar-refractivity contribution in [3.05, 3.63) is 54.7 Å². The van der Waals surface area contributed by atoms with Crippen LogP contribution in [0.1, 0.15) is 107 Å². The number of guanidine groups is 7. The number of aliphatic carboxylic acids is 1. The monoisotopic (exact) mass is 1520 g/mol. The molecule has 108 heavy (non-hydrogen) atoms. The summed E-state index contributed by atoms with van der Waals surface area (Å²) in [6, 6.07) is -15.0. The first-order valence-corrected chi connectivity index (χ1v) is 34.5. The lowest BCUT2D eigenvalue weighted by Gasteiger charge is -2.28. The molecule has 0 aliphatic rings. The van der Waals surface area contributed by atoms with Crippen molar-refractivity contribution in [2.24, 2.45) is 45.9 Å². The van der Waals surface area contributed by atoms with Crippen LogP contribution in [0.15, 0.2) is 37.6 Å². The molecular formula is C60H107N37O11. The van der Waals surface area contributed by atoms with E-state index in [1.807, 2.05) is 0 Å². The Kier molecular flexibility index (Phi) is 40.6. The van der Waals surface area contributed by atoms with E-state index in [9.17, 15) is 53.1 Å². The highest BCUT2D eigenvalue weighted by molar-refractivity contribution is 5.99. The van der Waals surface area contributed by atoms with Gasteiger partial charge in [0.05, 0.1) is 42.1 Å². The van der Waals surface area contributed by atoms with Crippen LogP contribution in [0.5, 0.6) is 0 Å². The smallest absolute Gasteiger partial charge is 0.326 e. The first-order chi connectivity index (χ1) is 51.3. The number of carboxylic acids is 1. The summed E-state index contributed by atoms with van der Waals surface area (Å²) in [4.78, 5) is 164. The average molecular weight is 1520 g/mol. The van der Waals surface area contributed by atoms with Crippen molar-refractivity contribution < 1.29 is 53.1 Å². The van der Waals surface area contributed by atoms with Crippen LogP contribution < -0.4 is 131 Å². The minimum absolute atomic E-state index is 0.00505. The van der Waals surface area contributed by atoms with E-state index in [0.717, 1.165) is 0 Å². The van der Waals surface area contributed by atoms with Crippen molar-refractivity contribution >= 4 is 101 Å². The topological polar surface area (TPSA) is 845 Å². The summed E-state index contributed by atoms with van der Waals surface area (Å²) in [6.45, 7) is 0.335. The number of hydrogen-bond donors (Lipinski definition) is 35. The van der Waals surface area contributed by atoms with Gasteiger partial charge in [0.15, 0.2) is 41.7 Å². The van der Waals surface area contributed by atoms with Gasteiger partial charge in [-0.1, -0.05) is 0 Å². The van der Waals surface area contributed by atoms with Crippen LogP contribution in [0.3, 0.4) is 0 Å². The minimum Gasteiger partial charge on any atom is -0.480 e. The number of nitrogens with two attached hydrogens (primary N) is 8. The predicted molar refractivity (Wildman–Crippen MR) is 394 cm³/mol. The Morgan fingerprint density at radius 1 is 0.306 bits per heavy atom. The number of nitrogens with zero attached hydrogens (tertiary/aromatic N) is 3.